The number of anilines is 1. The lowest BCUT2D eigenvalue weighted by Gasteiger charge is -2.11. The molecule has 2 aromatic rings. The summed E-state index contributed by atoms with van der Waals surface area (Å²) in [5.41, 5.74) is -0.636. The van der Waals surface area contributed by atoms with Gasteiger partial charge in [0.2, 0.25) is 0 Å². The number of nitrogens with one attached hydrogen (secondary N) is 1. The maximum Gasteiger partial charge on any atom is 0.416 e. The van der Waals surface area contributed by atoms with Crippen molar-refractivity contribution in [3.8, 4) is 0 Å². The number of hydrogen-bond donors (Lipinski definition) is 1. The van der Waals surface area contributed by atoms with Gasteiger partial charge in [-0.1, -0.05) is 6.07 Å². The summed E-state index contributed by atoms with van der Waals surface area (Å²) in [5.74, 6) is -4.29. The first-order valence-electron chi connectivity index (χ1n) is 5.82. The van der Waals surface area contributed by atoms with Gasteiger partial charge in [-0.05, 0) is 35.9 Å². The number of halogens is 6. The average Bonchev–Trinajstić information content (AvgIpc) is 2.42. The van der Waals surface area contributed by atoms with Crippen LogP contribution in [0.2, 0.25) is 0 Å². The lowest BCUT2D eigenvalue weighted by Crippen LogP contribution is -2.07. The van der Waals surface area contributed by atoms with Crippen LogP contribution in [-0.2, 0) is 12.7 Å². The monoisotopic (exact) mass is 305 g/mol. The van der Waals surface area contributed by atoms with E-state index in [1.165, 1.54) is 12.1 Å². The van der Waals surface area contributed by atoms with Gasteiger partial charge in [0, 0.05) is 12.2 Å². The van der Waals surface area contributed by atoms with Crippen LogP contribution in [0.4, 0.5) is 32.0 Å². The van der Waals surface area contributed by atoms with Crippen molar-refractivity contribution in [3.63, 3.8) is 0 Å². The second-order valence-electron chi connectivity index (χ2n) is 4.31. The zero-order chi connectivity index (χ0) is 15.6. The highest BCUT2D eigenvalue weighted by Crippen LogP contribution is 2.30. The lowest BCUT2D eigenvalue weighted by molar-refractivity contribution is -0.137. The molecule has 0 spiro atoms. The topological polar surface area (TPSA) is 12.0 Å². The van der Waals surface area contributed by atoms with Gasteiger partial charge in [-0.3, -0.25) is 0 Å². The summed E-state index contributed by atoms with van der Waals surface area (Å²) in [5, 5.41) is 2.59. The summed E-state index contributed by atoms with van der Waals surface area (Å²) in [6, 6.07) is 5.92. The third kappa shape index (κ3) is 3.68. The van der Waals surface area contributed by atoms with Crippen LogP contribution in [0.1, 0.15) is 11.1 Å². The molecule has 0 atom stereocenters. The van der Waals surface area contributed by atoms with Crippen LogP contribution in [0.5, 0.6) is 0 Å². The van der Waals surface area contributed by atoms with E-state index in [0.29, 0.717) is 0 Å². The Hall–Kier alpha value is -2.18. The van der Waals surface area contributed by atoms with E-state index in [9.17, 15) is 26.3 Å². The Bertz CT molecular complexity index is 627. The minimum atomic E-state index is -4.48. The Kier molecular flexibility index (Phi) is 4.11. The zero-order valence-electron chi connectivity index (χ0n) is 10.4. The first-order valence-corrected chi connectivity index (χ1v) is 5.82. The minimum Gasteiger partial charge on any atom is -0.381 e. The molecule has 0 amide bonds. The molecular formula is C14H9F6N. The molecule has 0 aliphatic rings. The molecule has 1 nitrogen and oxygen atoms in total. The van der Waals surface area contributed by atoms with Crippen molar-refractivity contribution in [2.45, 2.75) is 12.7 Å². The first-order chi connectivity index (χ1) is 9.77. The molecule has 0 aromatic heterocycles. The maximum absolute atomic E-state index is 13.0. The average molecular weight is 305 g/mol. The van der Waals surface area contributed by atoms with Crippen molar-refractivity contribution in [1.82, 2.24) is 0 Å². The van der Waals surface area contributed by atoms with Gasteiger partial charge in [0.05, 0.1) is 5.56 Å². The Morgan fingerprint density at radius 3 is 2.10 bits per heavy atom. The van der Waals surface area contributed by atoms with Crippen molar-refractivity contribution in [1.29, 1.82) is 0 Å². The molecular weight excluding hydrogens is 296 g/mol. The maximum atomic E-state index is 13.0. The van der Waals surface area contributed by atoms with Gasteiger partial charge in [-0.2, -0.15) is 13.2 Å². The zero-order valence-corrected chi connectivity index (χ0v) is 10.4. The van der Waals surface area contributed by atoms with E-state index in [1.54, 1.807) is 0 Å². The van der Waals surface area contributed by atoms with Crippen molar-refractivity contribution in [2.24, 2.45) is 0 Å². The summed E-state index contributed by atoms with van der Waals surface area (Å²) >= 11 is 0. The van der Waals surface area contributed by atoms with Gasteiger partial charge in [-0.25, -0.2) is 13.2 Å². The normalized spacial score (nSPS) is 11.5. The highest BCUT2D eigenvalue weighted by atomic mass is 19.4. The molecule has 0 radical (unpaired) electrons. The standard InChI is InChI=1S/C14H9F6N/c15-11-4-8(5-12(16)13(11)17)7-21-10-3-1-2-9(6-10)14(18,19)20/h1-6,21H,7H2. The SMILES string of the molecule is Fc1cc(CNc2cccc(C(F)(F)F)c2)cc(F)c1F. The van der Waals surface area contributed by atoms with E-state index in [4.69, 9.17) is 0 Å². The third-order valence-electron chi connectivity index (χ3n) is 2.73. The van der Waals surface area contributed by atoms with Crippen molar-refractivity contribution in [3.05, 3.63) is 65.0 Å². The highest BCUT2D eigenvalue weighted by molar-refractivity contribution is 5.47. The molecule has 0 saturated heterocycles. The predicted molar refractivity (Wildman–Crippen MR) is 65.1 cm³/mol. The Labute approximate surface area is 116 Å². The number of rotatable bonds is 3. The number of alkyl halides is 3. The predicted octanol–water partition coefficient (Wildman–Crippen LogP) is 4.73. The second kappa shape index (κ2) is 5.67. The fourth-order valence-electron chi connectivity index (χ4n) is 1.72. The molecule has 0 aliphatic heterocycles. The summed E-state index contributed by atoms with van der Waals surface area (Å²) in [6.45, 7) is -0.143. The van der Waals surface area contributed by atoms with Gasteiger partial charge in [-0.15, -0.1) is 0 Å². The molecule has 2 aromatic carbocycles. The molecule has 112 valence electrons. The molecule has 0 aliphatic carbocycles. The quantitative estimate of drug-likeness (QED) is 0.638. The van der Waals surface area contributed by atoms with E-state index in [2.05, 4.69) is 5.32 Å². The Morgan fingerprint density at radius 2 is 1.52 bits per heavy atom. The molecule has 0 bridgehead atoms. The molecule has 0 heterocycles. The fraction of sp³-hybridized carbons (Fsp3) is 0.143. The van der Waals surface area contributed by atoms with Gasteiger partial charge < -0.3 is 5.32 Å². The first kappa shape index (κ1) is 15.2. The number of hydrogen-bond acceptors (Lipinski definition) is 1. The third-order valence-corrected chi connectivity index (χ3v) is 2.73. The van der Waals surface area contributed by atoms with Crippen LogP contribution in [0.15, 0.2) is 36.4 Å². The molecule has 0 saturated carbocycles. The summed E-state index contributed by atoms with van der Waals surface area (Å²) in [6.07, 6.45) is -4.48. The van der Waals surface area contributed by atoms with Crippen LogP contribution in [0.25, 0.3) is 0 Å². The van der Waals surface area contributed by atoms with Crippen LogP contribution in [0.3, 0.4) is 0 Å². The molecule has 7 heteroatoms. The van der Waals surface area contributed by atoms with Gasteiger partial charge in [0.1, 0.15) is 0 Å². The second-order valence-corrected chi connectivity index (χ2v) is 4.31. The van der Waals surface area contributed by atoms with E-state index < -0.39 is 29.2 Å². The van der Waals surface area contributed by atoms with E-state index in [0.717, 1.165) is 24.3 Å². The minimum absolute atomic E-state index is 0.0730. The van der Waals surface area contributed by atoms with Crippen molar-refractivity contribution < 1.29 is 26.3 Å². The highest BCUT2D eigenvalue weighted by Gasteiger charge is 2.30. The summed E-state index contributed by atoms with van der Waals surface area (Å²) in [7, 11) is 0. The van der Waals surface area contributed by atoms with Crippen LogP contribution in [0, 0.1) is 17.5 Å². The smallest absolute Gasteiger partial charge is 0.381 e. The number of benzene rings is 2. The van der Waals surface area contributed by atoms with Crippen LogP contribution >= 0.6 is 0 Å². The summed E-state index contributed by atoms with van der Waals surface area (Å²) in [4.78, 5) is 0. The van der Waals surface area contributed by atoms with E-state index in [1.807, 2.05) is 0 Å². The molecule has 0 unspecified atom stereocenters. The Morgan fingerprint density at radius 1 is 0.905 bits per heavy atom. The largest absolute Gasteiger partial charge is 0.416 e. The lowest BCUT2D eigenvalue weighted by atomic mass is 10.1. The van der Waals surface area contributed by atoms with Crippen molar-refractivity contribution >= 4 is 5.69 Å². The van der Waals surface area contributed by atoms with Gasteiger partial charge >= 0.3 is 6.18 Å². The summed E-state index contributed by atoms with van der Waals surface area (Å²) < 4.78 is 76.3. The Balaban J connectivity index is 2.14. The fourth-order valence-corrected chi connectivity index (χ4v) is 1.72. The molecule has 2 rings (SSSR count). The van der Waals surface area contributed by atoms with Crippen molar-refractivity contribution in [2.75, 3.05) is 5.32 Å². The molecule has 21 heavy (non-hydrogen) atoms. The van der Waals surface area contributed by atoms with Crippen LogP contribution < -0.4 is 5.32 Å². The van der Waals surface area contributed by atoms with Gasteiger partial charge in [0.15, 0.2) is 17.5 Å². The molecule has 0 fully saturated rings. The van der Waals surface area contributed by atoms with Crippen LogP contribution in [-0.4, -0.2) is 0 Å². The molecule has 1 N–H and O–H groups in total. The van der Waals surface area contributed by atoms with Gasteiger partial charge in [0.25, 0.3) is 0 Å². The van der Waals surface area contributed by atoms with E-state index in [-0.39, 0.29) is 17.8 Å². The van der Waals surface area contributed by atoms with E-state index >= 15 is 0 Å².